The minimum absolute atomic E-state index is 0.866. The van der Waals surface area contributed by atoms with Gasteiger partial charge in [-0.15, -0.1) is 0 Å². The average molecular weight is 210 g/mol. The number of likely N-dealkylation sites (tertiary alicyclic amines) is 1. The van der Waals surface area contributed by atoms with Gasteiger partial charge in [0.2, 0.25) is 0 Å². The number of piperidine rings is 1. The van der Waals surface area contributed by atoms with Crippen molar-refractivity contribution in [1.82, 2.24) is 10.2 Å². The Hall–Kier alpha value is -0.0800. The zero-order chi connectivity index (χ0) is 10.5. The van der Waals surface area contributed by atoms with Crippen molar-refractivity contribution in [2.45, 2.75) is 51.5 Å². The second kappa shape index (κ2) is 5.86. The van der Waals surface area contributed by atoms with Crippen molar-refractivity contribution >= 4 is 0 Å². The molecule has 2 aliphatic rings. The molecular weight excluding hydrogens is 184 g/mol. The smallest absolute Gasteiger partial charge is 0.00670 e. The largest absolute Gasteiger partial charge is 0.314 e. The van der Waals surface area contributed by atoms with Gasteiger partial charge < -0.3 is 10.2 Å². The molecule has 0 amide bonds. The lowest BCUT2D eigenvalue weighted by atomic mass is 9.93. The van der Waals surface area contributed by atoms with Crippen LogP contribution in [0.25, 0.3) is 0 Å². The molecule has 1 heterocycles. The zero-order valence-corrected chi connectivity index (χ0v) is 10.2. The SMILES string of the molecule is CC1CCCN(CCCNC2CCC2)C1. The van der Waals surface area contributed by atoms with E-state index >= 15 is 0 Å². The molecule has 2 rings (SSSR count). The summed E-state index contributed by atoms with van der Waals surface area (Å²) in [5.74, 6) is 0.929. The second-order valence-electron chi connectivity index (χ2n) is 5.48. The highest BCUT2D eigenvalue weighted by molar-refractivity contribution is 4.76. The molecule has 1 N–H and O–H groups in total. The van der Waals surface area contributed by atoms with Gasteiger partial charge in [0.1, 0.15) is 0 Å². The van der Waals surface area contributed by atoms with E-state index in [4.69, 9.17) is 0 Å². The highest BCUT2D eigenvalue weighted by Crippen LogP contribution is 2.18. The third kappa shape index (κ3) is 3.76. The van der Waals surface area contributed by atoms with Gasteiger partial charge in [0.05, 0.1) is 0 Å². The molecule has 0 radical (unpaired) electrons. The first-order valence-corrected chi connectivity index (χ1v) is 6.80. The summed E-state index contributed by atoms with van der Waals surface area (Å²) in [6.07, 6.45) is 8.47. The topological polar surface area (TPSA) is 15.3 Å². The van der Waals surface area contributed by atoms with Crippen molar-refractivity contribution in [3.63, 3.8) is 0 Å². The van der Waals surface area contributed by atoms with Crippen LogP contribution in [0.15, 0.2) is 0 Å². The lowest BCUT2D eigenvalue weighted by molar-refractivity contribution is 0.180. The number of hydrogen-bond acceptors (Lipinski definition) is 2. The third-order valence-electron chi connectivity index (χ3n) is 3.93. The van der Waals surface area contributed by atoms with Crippen LogP contribution in [0, 0.1) is 5.92 Å². The van der Waals surface area contributed by atoms with E-state index in [-0.39, 0.29) is 0 Å². The van der Waals surface area contributed by atoms with Crippen LogP contribution < -0.4 is 5.32 Å². The summed E-state index contributed by atoms with van der Waals surface area (Å²) >= 11 is 0. The summed E-state index contributed by atoms with van der Waals surface area (Å²) < 4.78 is 0. The molecule has 1 atom stereocenters. The average Bonchev–Trinajstić information content (AvgIpc) is 2.15. The fraction of sp³-hybridized carbons (Fsp3) is 1.00. The molecule has 2 heteroatoms. The Labute approximate surface area is 94.4 Å². The standard InChI is InChI=1S/C13H26N2/c1-12-5-3-9-15(11-12)10-4-8-14-13-6-2-7-13/h12-14H,2-11H2,1H3. The van der Waals surface area contributed by atoms with Gasteiger partial charge in [-0.2, -0.15) is 0 Å². The molecule has 1 aliphatic carbocycles. The van der Waals surface area contributed by atoms with Crippen molar-refractivity contribution in [1.29, 1.82) is 0 Å². The van der Waals surface area contributed by atoms with E-state index in [1.807, 2.05) is 0 Å². The quantitative estimate of drug-likeness (QED) is 0.700. The molecule has 1 saturated heterocycles. The van der Waals surface area contributed by atoms with Crippen LogP contribution in [0.5, 0.6) is 0 Å². The highest BCUT2D eigenvalue weighted by Gasteiger charge is 2.17. The lowest BCUT2D eigenvalue weighted by Crippen LogP contribution is -2.39. The van der Waals surface area contributed by atoms with Crippen molar-refractivity contribution < 1.29 is 0 Å². The van der Waals surface area contributed by atoms with E-state index in [2.05, 4.69) is 17.1 Å². The molecular formula is C13H26N2. The Balaban J connectivity index is 1.49. The van der Waals surface area contributed by atoms with Crippen molar-refractivity contribution in [3.05, 3.63) is 0 Å². The monoisotopic (exact) mass is 210 g/mol. The van der Waals surface area contributed by atoms with Crippen LogP contribution >= 0.6 is 0 Å². The van der Waals surface area contributed by atoms with Gasteiger partial charge in [-0.1, -0.05) is 13.3 Å². The Morgan fingerprint density at radius 3 is 2.73 bits per heavy atom. The molecule has 2 nitrogen and oxygen atoms in total. The summed E-state index contributed by atoms with van der Waals surface area (Å²) in [4.78, 5) is 2.65. The Bertz CT molecular complexity index is 177. The zero-order valence-electron chi connectivity index (χ0n) is 10.2. The maximum absolute atomic E-state index is 3.64. The first-order chi connectivity index (χ1) is 7.34. The molecule has 0 aromatic heterocycles. The number of nitrogens with one attached hydrogen (secondary N) is 1. The fourth-order valence-corrected chi connectivity index (χ4v) is 2.71. The predicted octanol–water partition coefficient (Wildman–Crippen LogP) is 2.25. The van der Waals surface area contributed by atoms with Crippen molar-refractivity contribution in [2.24, 2.45) is 5.92 Å². The number of nitrogens with zero attached hydrogens (tertiary/aromatic N) is 1. The summed E-state index contributed by atoms with van der Waals surface area (Å²) in [6.45, 7) is 7.61. The van der Waals surface area contributed by atoms with Crippen molar-refractivity contribution in [2.75, 3.05) is 26.2 Å². The maximum Gasteiger partial charge on any atom is 0.00670 e. The molecule has 1 saturated carbocycles. The second-order valence-corrected chi connectivity index (χ2v) is 5.48. The lowest BCUT2D eigenvalue weighted by Gasteiger charge is -2.31. The summed E-state index contributed by atoms with van der Waals surface area (Å²) in [5, 5.41) is 3.64. The maximum atomic E-state index is 3.64. The van der Waals surface area contributed by atoms with E-state index in [9.17, 15) is 0 Å². The Morgan fingerprint density at radius 1 is 1.20 bits per heavy atom. The minimum Gasteiger partial charge on any atom is -0.314 e. The normalized spacial score (nSPS) is 29.0. The number of rotatable bonds is 5. The Kier molecular flexibility index (Phi) is 4.45. The molecule has 1 unspecified atom stereocenters. The first kappa shape index (κ1) is 11.4. The summed E-state index contributed by atoms with van der Waals surface area (Å²) in [7, 11) is 0. The third-order valence-corrected chi connectivity index (χ3v) is 3.93. The van der Waals surface area contributed by atoms with Crippen LogP contribution in [-0.4, -0.2) is 37.1 Å². The van der Waals surface area contributed by atoms with Gasteiger partial charge in [0, 0.05) is 12.6 Å². The fourth-order valence-electron chi connectivity index (χ4n) is 2.71. The first-order valence-electron chi connectivity index (χ1n) is 6.80. The molecule has 0 aromatic rings. The molecule has 1 aliphatic heterocycles. The van der Waals surface area contributed by atoms with E-state index in [0.717, 1.165) is 12.0 Å². The highest BCUT2D eigenvalue weighted by atomic mass is 15.1. The van der Waals surface area contributed by atoms with Gasteiger partial charge in [-0.3, -0.25) is 0 Å². The van der Waals surface area contributed by atoms with E-state index in [1.54, 1.807) is 0 Å². The van der Waals surface area contributed by atoms with Gasteiger partial charge >= 0.3 is 0 Å². The van der Waals surface area contributed by atoms with Gasteiger partial charge in [-0.05, 0) is 57.7 Å². The number of hydrogen-bond donors (Lipinski definition) is 1. The van der Waals surface area contributed by atoms with E-state index < -0.39 is 0 Å². The van der Waals surface area contributed by atoms with Gasteiger partial charge in [0.25, 0.3) is 0 Å². The molecule has 15 heavy (non-hydrogen) atoms. The van der Waals surface area contributed by atoms with Crippen LogP contribution in [0.2, 0.25) is 0 Å². The van der Waals surface area contributed by atoms with Crippen LogP contribution in [-0.2, 0) is 0 Å². The Morgan fingerprint density at radius 2 is 2.07 bits per heavy atom. The molecule has 0 bridgehead atoms. The van der Waals surface area contributed by atoms with E-state index in [1.165, 1.54) is 64.7 Å². The van der Waals surface area contributed by atoms with Crippen molar-refractivity contribution in [3.8, 4) is 0 Å². The molecule has 2 fully saturated rings. The molecule has 88 valence electrons. The van der Waals surface area contributed by atoms with Crippen LogP contribution in [0.4, 0.5) is 0 Å². The molecule has 0 aromatic carbocycles. The van der Waals surface area contributed by atoms with E-state index in [0.29, 0.717) is 0 Å². The summed E-state index contributed by atoms with van der Waals surface area (Å²) in [5.41, 5.74) is 0. The molecule has 0 spiro atoms. The van der Waals surface area contributed by atoms with Gasteiger partial charge in [0.15, 0.2) is 0 Å². The van der Waals surface area contributed by atoms with Gasteiger partial charge in [-0.25, -0.2) is 0 Å². The van der Waals surface area contributed by atoms with Crippen LogP contribution in [0.1, 0.15) is 45.4 Å². The summed E-state index contributed by atoms with van der Waals surface area (Å²) in [6, 6.07) is 0.866. The van der Waals surface area contributed by atoms with Crippen LogP contribution in [0.3, 0.4) is 0 Å². The minimum atomic E-state index is 0.866. The predicted molar refractivity (Wildman–Crippen MR) is 65.1 cm³/mol.